The second kappa shape index (κ2) is 5.73. The van der Waals surface area contributed by atoms with E-state index < -0.39 is 5.97 Å². The molecule has 1 aromatic carbocycles. The van der Waals surface area contributed by atoms with E-state index in [0.717, 1.165) is 31.3 Å². The van der Waals surface area contributed by atoms with Crippen molar-refractivity contribution in [1.29, 1.82) is 0 Å². The molecule has 1 fully saturated rings. The number of piperazine rings is 1. The molecule has 0 unspecified atom stereocenters. The summed E-state index contributed by atoms with van der Waals surface area (Å²) in [6.45, 7) is 5.32. The van der Waals surface area contributed by atoms with Crippen molar-refractivity contribution in [1.82, 2.24) is 4.98 Å². The summed E-state index contributed by atoms with van der Waals surface area (Å²) in [4.78, 5) is 20.4. The fourth-order valence-electron chi connectivity index (χ4n) is 2.51. The number of benzene rings is 1. The predicted molar refractivity (Wildman–Crippen MR) is 84.7 cm³/mol. The molecule has 0 spiro atoms. The number of nitrogens with zero attached hydrogens (tertiary/aromatic N) is 3. The van der Waals surface area contributed by atoms with Gasteiger partial charge in [-0.1, -0.05) is 29.5 Å². The third-order valence-electron chi connectivity index (χ3n) is 3.65. The van der Waals surface area contributed by atoms with Crippen molar-refractivity contribution in [2.45, 2.75) is 6.92 Å². The zero-order valence-electron chi connectivity index (χ0n) is 11.8. The van der Waals surface area contributed by atoms with E-state index in [1.54, 1.807) is 6.92 Å². The summed E-state index contributed by atoms with van der Waals surface area (Å²) >= 11 is 1.27. The zero-order chi connectivity index (χ0) is 14.8. The number of carboxylic acids is 1. The molecule has 5 nitrogen and oxygen atoms in total. The van der Waals surface area contributed by atoms with Gasteiger partial charge >= 0.3 is 5.97 Å². The van der Waals surface area contributed by atoms with Crippen LogP contribution in [0.5, 0.6) is 0 Å². The van der Waals surface area contributed by atoms with E-state index in [1.165, 1.54) is 17.0 Å². The van der Waals surface area contributed by atoms with E-state index in [9.17, 15) is 4.79 Å². The van der Waals surface area contributed by atoms with E-state index in [-0.39, 0.29) is 0 Å². The van der Waals surface area contributed by atoms with Crippen molar-refractivity contribution in [3.8, 4) is 0 Å². The van der Waals surface area contributed by atoms with Gasteiger partial charge in [0, 0.05) is 31.9 Å². The van der Waals surface area contributed by atoms with Crippen molar-refractivity contribution in [3.05, 3.63) is 40.9 Å². The van der Waals surface area contributed by atoms with Crippen molar-refractivity contribution < 1.29 is 9.90 Å². The highest BCUT2D eigenvalue weighted by molar-refractivity contribution is 7.17. The van der Waals surface area contributed by atoms with Crippen molar-refractivity contribution in [2.24, 2.45) is 0 Å². The maximum absolute atomic E-state index is 11.1. The fourth-order valence-corrected chi connectivity index (χ4v) is 3.47. The molecule has 2 aromatic rings. The molecule has 110 valence electrons. The lowest BCUT2D eigenvalue weighted by Crippen LogP contribution is -2.46. The van der Waals surface area contributed by atoms with Crippen LogP contribution >= 0.6 is 11.3 Å². The SMILES string of the molecule is Cc1nc(N2CCN(c3ccccc3)CC2)sc1C(=O)O. The minimum absolute atomic E-state index is 0.343. The summed E-state index contributed by atoms with van der Waals surface area (Å²) in [6, 6.07) is 10.3. The van der Waals surface area contributed by atoms with Crippen LogP contribution in [0.4, 0.5) is 10.8 Å². The Bertz CT molecular complexity index is 634. The third kappa shape index (κ3) is 2.85. The monoisotopic (exact) mass is 303 g/mol. The number of rotatable bonds is 3. The molecule has 0 atom stereocenters. The van der Waals surface area contributed by atoms with Crippen LogP contribution in [0.2, 0.25) is 0 Å². The Kier molecular flexibility index (Phi) is 3.79. The molecular weight excluding hydrogens is 286 g/mol. The van der Waals surface area contributed by atoms with E-state index in [1.807, 2.05) is 18.2 Å². The van der Waals surface area contributed by atoms with Gasteiger partial charge in [0.15, 0.2) is 5.13 Å². The van der Waals surface area contributed by atoms with E-state index >= 15 is 0 Å². The number of hydrogen-bond donors (Lipinski definition) is 1. The molecule has 0 radical (unpaired) electrons. The molecule has 3 rings (SSSR count). The first-order chi connectivity index (χ1) is 10.1. The zero-order valence-corrected chi connectivity index (χ0v) is 12.6. The summed E-state index contributed by atoms with van der Waals surface area (Å²) in [6.07, 6.45) is 0. The van der Waals surface area contributed by atoms with Gasteiger partial charge in [-0.3, -0.25) is 0 Å². The van der Waals surface area contributed by atoms with Crippen molar-refractivity contribution in [3.63, 3.8) is 0 Å². The van der Waals surface area contributed by atoms with Gasteiger partial charge in [0.25, 0.3) is 0 Å². The highest BCUT2D eigenvalue weighted by atomic mass is 32.1. The molecule has 0 saturated carbocycles. The topological polar surface area (TPSA) is 56.7 Å². The first kappa shape index (κ1) is 13.9. The van der Waals surface area contributed by atoms with E-state index in [0.29, 0.717) is 10.6 Å². The lowest BCUT2D eigenvalue weighted by atomic mass is 10.2. The van der Waals surface area contributed by atoms with Gasteiger partial charge in [0.1, 0.15) is 4.88 Å². The van der Waals surface area contributed by atoms with Crippen LogP contribution in [0.3, 0.4) is 0 Å². The average molecular weight is 303 g/mol. The van der Waals surface area contributed by atoms with Crippen LogP contribution in [-0.2, 0) is 0 Å². The Balaban J connectivity index is 1.68. The second-order valence-corrected chi connectivity index (χ2v) is 6.00. The second-order valence-electron chi connectivity index (χ2n) is 5.03. The standard InChI is InChI=1S/C15H17N3O2S/c1-11-13(14(19)20)21-15(16-11)18-9-7-17(8-10-18)12-5-3-2-4-6-12/h2-6H,7-10H2,1H3,(H,19,20). The number of carboxylic acid groups (broad SMARTS) is 1. The number of aromatic carboxylic acids is 1. The minimum Gasteiger partial charge on any atom is -0.477 e. The van der Waals surface area contributed by atoms with Gasteiger partial charge in [-0.05, 0) is 19.1 Å². The number of aromatic nitrogens is 1. The van der Waals surface area contributed by atoms with Gasteiger partial charge in [0.05, 0.1) is 5.69 Å². The van der Waals surface area contributed by atoms with Crippen molar-refractivity contribution in [2.75, 3.05) is 36.0 Å². The molecule has 1 saturated heterocycles. The van der Waals surface area contributed by atoms with Crippen LogP contribution in [0.15, 0.2) is 30.3 Å². The Morgan fingerprint density at radius 2 is 1.76 bits per heavy atom. The lowest BCUT2D eigenvalue weighted by molar-refractivity contribution is 0.0701. The molecular formula is C15H17N3O2S. The Morgan fingerprint density at radius 3 is 2.33 bits per heavy atom. The number of para-hydroxylation sites is 1. The van der Waals surface area contributed by atoms with E-state index in [2.05, 4.69) is 26.9 Å². The lowest BCUT2D eigenvalue weighted by Gasteiger charge is -2.35. The van der Waals surface area contributed by atoms with Gasteiger partial charge in [0.2, 0.25) is 0 Å². The number of thiazole rings is 1. The molecule has 1 aliphatic heterocycles. The maximum atomic E-state index is 11.1. The molecule has 0 aliphatic carbocycles. The van der Waals surface area contributed by atoms with Gasteiger partial charge < -0.3 is 14.9 Å². The average Bonchev–Trinajstić information content (AvgIpc) is 2.90. The summed E-state index contributed by atoms with van der Waals surface area (Å²) in [5, 5.41) is 9.93. The number of hydrogen-bond acceptors (Lipinski definition) is 5. The van der Waals surface area contributed by atoms with Crippen LogP contribution in [-0.4, -0.2) is 42.2 Å². The van der Waals surface area contributed by atoms with Crippen LogP contribution in [0.25, 0.3) is 0 Å². The molecule has 6 heteroatoms. The predicted octanol–water partition coefficient (Wildman–Crippen LogP) is 2.48. The van der Waals surface area contributed by atoms with Crippen LogP contribution in [0.1, 0.15) is 15.4 Å². The third-order valence-corrected chi connectivity index (χ3v) is 4.86. The normalized spacial score (nSPS) is 15.3. The Morgan fingerprint density at radius 1 is 1.14 bits per heavy atom. The first-order valence-electron chi connectivity index (χ1n) is 6.91. The fraction of sp³-hybridized carbons (Fsp3) is 0.333. The van der Waals surface area contributed by atoms with Crippen LogP contribution < -0.4 is 9.80 Å². The Labute approximate surface area is 127 Å². The van der Waals surface area contributed by atoms with Gasteiger partial charge in [-0.2, -0.15) is 0 Å². The quantitative estimate of drug-likeness (QED) is 0.944. The minimum atomic E-state index is -0.890. The molecule has 0 amide bonds. The van der Waals surface area contributed by atoms with Gasteiger partial charge in [-0.15, -0.1) is 0 Å². The summed E-state index contributed by atoms with van der Waals surface area (Å²) < 4.78 is 0. The molecule has 1 aromatic heterocycles. The summed E-state index contributed by atoms with van der Waals surface area (Å²) in [5.41, 5.74) is 1.84. The van der Waals surface area contributed by atoms with E-state index in [4.69, 9.17) is 5.11 Å². The molecule has 1 N–H and O–H groups in total. The number of anilines is 2. The maximum Gasteiger partial charge on any atom is 0.347 e. The van der Waals surface area contributed by atoms with Crippen LogP contribution in [0, 0.1) is 6.92 Å². The Hall–Kier alpha value is -2.08. The highest BCUT2D eigenvalue weighted by Crippen LogP contribution is 2.27. The summed E-state index contributed by atoms with van der Waals surface area (Å²) in [7, 11) is 0. The molecule has 2 heterocycles. The smallest absolute Gasteiger partial charge is 0.347 e. The number of carbonyl (C=O) groups is 1. The summed E-state index contributed by atoms with van der Waals surface area (Å²) in [5.74, 6) is -0.890. The molecule has 21 heavy (non-hydrogen) atoms. The highest BCUT2D eigenvalue weighted by Gasteiger charge is 2.22. The number of aryl methyl sites for hydroxylation is 1. The van der Waals surface area contributed by atoms with Crippen molar-refractivity contribution >= 4 is 28.1 Å². The molecule has 1 aliphatic rings. The largest absolute Gasteiger partial charge is 0.477 e. The first-order valence-corrected chi connectivity index (χ1v) is 7.72. The van der Waals surface area contributed by atoms with Gasteiger partial charge in [-0.25, -0.2) is 9.78 Å². The molecule has 0 bridgehead atoms.